The highest BCUT2D eigenvalue weighted by Gasteiger charge is 2.40. The van der Waals surface area contributed by atoms with Gasteiger partial charge in [-0.2, -0.15) is 13.2 Å². The van der Waals surface area contributed by atoms with Crippen molar-refractivity contribution in [2.24, 2.45) is 0 Å². The maximum absolute atomic E-state index is 13.0. The second-order valence-corrected chi connectivity index (χ2v) is 15.7. The van der Waals surface area contributed by atoms with Gasteiger partial charge in [0.05, 0.1) is 5.56 Å². The minimum atomic E-state index is -4.36. The Labute approximate surface area is 203 Å². The highest BCUT2D eigenvalue weighted by Crippen LogP contribution is 2.39. The van der Waals surface area contributed by atoms with Gasteiger partial charge in [-0.15, -0.1) is 0 Å². The lowest BCUT2D eigenvalue weighted by atomic mass is 9.92. The van der Waals surface area contributed by atoms with E-state index in [1.807, 2.05) is 31.2 Å². The highest BCUT2D eigenvalue weighted by molar-refractivity contribution is 6.74. The van der Waals surface area contributed by atoms with Crippen LogP contribution in [0.25, 0.3) is 0 Å². The molecule has 0 amide bonds. The Morgan fingerprint density at radius 1 is 1.03 bits per heavy atom. The second kappa shape index (κ2) is 10.4. The van der Waals surface area contributed by atoms with Crippen molar-refractivity contribution in [3.05, 3.63) is 65.2 Å². The fourth-order valence-corrected chi connectivity index (χ4v) is 5.58. The number of halogens is 3. The van der Waals surface area contributed by atoms with Crippen molar-refractivity contribution in [3.63, 3.8) is 0 Å². The molecule has 1 aliphatic rings. The summed E-state index contributed by atoms with van der Waals surface area (Å²) in [5.41, 5.74) is 1.48. The van der Waals surface area contributed by atoms with Crippen LogP contribution in [0.3, 0.4) is 0 Å². The lowest BCUT2D eigenvalue weighted by Gasteiger charge is -2.42. The van der Waals surface area contributed by atoms with Gasteiger partial charge in [-0.1, -0.05) is 45.0 Å². The number of hydrogen-bond acceptors (Lipinski definition) is 3. The van der Waals surface area contributed by atoms with Crippen molar-refractivity contribution in [1.29, 1.82) is 0 Å². The number of hydrogen-bond donors (Lipinski definition) is 1. The molecule has 7 heteroatoms. The summed E-state index contributed by atoms with van der Waals surface area (Å²) in [7, 11) is -1.87. The van der Waals surface area contributed by atoms with Crippen molar-refractivity contribution in [3.8, 4) is 5.75 Å². The standard InChI is InChI=1S/C27H38F3NO2Si/c1-19-9-7-8-10-24(19)25(32-22-13-11-20(12-14-22)27(28,29)30)18-21-17-23(15-16-31-21)33-34(5,6)26(2,3)4/h7-14,21,23,25,31H,15-18H2,1-6H3/t21-,23+,25+/m1/s1. The molecule has 3 nitrogen and oxygen atoms in total. The molecule has 0 saturated carbocycles. The Hall–Kier alpha value is -1.83. The maximum atomic E-state index is 13.0. The molecule has 0 aromatic heterocycles. The summed E-state index contributed by atoms with van der Waals surface area (Å²) in [5.74, 6) is 0.436. The quantitative estimate of drug-likeness (QED) is 0.402. The lowest BCUT2D eigenvalue weighted by Crippen LogP contribution is -2.49. The zero-order valence-corrected chi connectivity index (χ0v) is 22.1. The van der Waals surface area contributed by atoms with Gasteiger partial charge in [0.2, 0.25) is 0 Å². The van der Waals surface area contributed by atoms with Crippen LogP contribution in [-0.4, -0.2) is 27.0 Å². The molecule has 0 bridgehead atoms. The summed E-state index contributed by atoms with van der Waals surface area (Å²) in [6.07, 6.45) is -1.84. The number of alkyl halides is 3. The van der Waals surface area contributed by atoms with Crippen LogP contribution in [0, 0.1) is 6.92 Å². The Balaban J connectivity index is 1.76. The van der Waals surface area contributed by atoms with E-state index in [0.717, 1.165) is 42.6 Å². The van der Waals surface area contributed by atoms with Crippen molar-refractivity contribution < 1.29 is 22.3 Å². The van der Waals surface area contributed by atoms with E-state index in [9.17, 15) is 13.2 Å². The van der Waals surface area contributed by atoms with Crippen molar-refractivity contribution >= 4 is 8.32 Å². The smallest absolute Gasteiger partial charge is 0.416 e. The first-order valence-corrected chi connectivity index (χ1v) is 15.0. The minimum Gasteiger partial charge on any atom is -0.486 e. The number of nitrogens with one attached hydrogen (secondary N) is 1. The number of ether oxygens (including phenoxy) is 1. The van der Waals surface area contributed by atoms with Gasteiger partial charge in [0.25, 0.3) is 0 Å². The van der Waals surface area contributed by atoms with Gasteiger partial charge in [0, 0.05) is 18.6 Å². The highest BCUT2D eigenvalue weighted by atomic mass is 28.4. The Morgan fingerprint density at radius 3 is 2.26 bits per heavy atom. The third-order valence-electron chi connectivity index (χ3n) is 7.21. The van der Waals surface area contributed by atoms with E-state index in [0.29, 0.717) is 12.2 Å². The van der Waals surface area contributed by atoms with Crippen LogP contribution >= 0.6 is 0 Å². The van der Waals surface area contributed by atoms with E-state index >= 15 is 0 Å². The molecule has 2 aromatic rings. The second-order valence-electron chi connectivity index (χ2n) is 10.9. The summed E-state index contributed by atoms with van der Waals surface area (Å²) in [6.45, 7) is 14.3. The molecule has 188 valence electrons. The predicted molar refractivity (Wildman–Crippen MR) is 134 cm³/mol. The fraction of sp³-hybridized carbons (Fsp3) is 0.556. The van der Waals surface area contributed by atoms with Gasteiger partial charge >= 0.3 is 6.18 Å². The van der Waals surface area contributed by atoms with E-state index in [1.54, 1.807) is 0 Å². The zero-order valence-electron chi connectivity index (χ0n) is 21.1. The predicted octanol–water partition coefficient (Wildman–Crippen LogP) is 7.67. The van der Waals surface area contributed by atoms with E-state index in [2.05, 4.69) is 39.2 Å². The molecular weight excluding hydrogens is 455 g/mol. The molecule has 1 fully saturated rings. The van der Waals surface area contributed by atoms with Gasteiger partial charge in [0.15, 0.2) is 8.32 Å². The van der Waals surface area contributed by atoms with Crippen molar-refractivity contribution in [2.45, 2.75) is 89.5 Å². The van der Waals surface area contributed by atoms with Crippen LogP contribution < -0.4 is 10.1 Å². The van der Waals surface area contributed by atoms with E-state index < -0.39 is 20.1 Å². The summed E-state index contributed by atoms with van der Waals surface area (Å²) in [5, 5.41) is 3.77. The fourth-order valence-electron chi connectivity index (χ4n) is 4.18. The van der Waals surface area contributed by atoms with Crippen LogP contribution in [0.15, 0.2) is 48.5 Å². The molecule has 0 radical (unpaired) electrons. The monoisotopic (exact) mass is 493 g/mol. The number of rotatable bonds is 7. The van der Waals surface area contributed by atoms with E-state index in [4.69, 9.17) is 9.16 Å². The average Bonchev–Trinajstić information content (AvgIpc) is 2.72. The van der Waals surface area contributed by atoms with Gasteiger partial charge in [-0.05, 0) is 79.8 Å². The largest absolute Gasteiger partial charge is 0.486 e. The van der Waals surface area contributed by atoms with Crippen LogP contribution in [0.2, 0.25) is 18.1 Å². The number of aryl methyl sites for hydroxylation is 1. The minimum absolute atomic E-state index is 0.156. The first-order valence-electron chi connectivity index (χ1n) is 12.1. The summed E-state index contributed by atoms with van der Waals surface area (Å²) in [4.78, 5) is 0. The van der Waals surface area contributed by atoms with Crippen LogP contribution in [0.5, 0.6) is 5.75 Å². The third kappa shape index (κ3) is 6.86. The lowest BCUT2D eigenvalue weighted by molar-refractivity contribution is -0.137. The van der Waals surface area contributed by atoms with Crippen LogP contribution in [0.4, 0.5) is 13.2 Å². The topological polar surface area (TPSA) is 30.5 Å². The molecule has 3 atom stereocenters. The summed E-state index contributed by atoms with van der Waals surface area (Å²) >= 11 is 0. The first-order chi connectivity index (χ1) is 15.8. The molecule has 0 aliphatic carbocycles. The molecule has 0 unspecified atom stereocenters. The Morgan fingerprint density at radius 2 is 1.68 bits per heavy atom. The van der Waals surface area contributed by atoms with Crippen molar-refractivity contribution in [1.82, 2.24) is 5.32 Å². The number of benzene rings is 2. The molecule has 1 saturated heterocycles. The average molecular weight is 494 g/mol. The van der Waals surface area contributed by atoms with E-state index in [1.165, 1.54) is 12.1 Å². The number of piperidine rings is 1. The Bertz CT molecular complexity index is 938. The molecule has 1 heterocycles. The third-order valence-corrected chi connectivity index (χ3v) is 11.7. The van der Waals surface area contributed by atoms with Gasteiger partial charge in [0.1, 0.15) is 11.9 Å². The van der Waals surface area contributed by atoms with Crippen LogP contribution in [0.1, 0.15) is 62.8 Å². The molecule has 0 spiro atoms. The molecular formula is C27H38F3NO2Si. The van der Waals surface area contributed by atoms with Gasteiger partial charge < -0.3 is 14.5 Å². The summed E-state index contributed by atoms with van der Waals surface area (Å²) in [6, 6.07) is 13.2. The maximum Gasteiger partial charge on any atom is 0.416 e. The zero-order chi connectivity index (χ0) is 25.1. The molecule has 1 N–H and O–H groups in total. The Kier molecular flexibility index (Phi) is 8.20. The van der Waals surface area contributed by atoms with Crippen LogP contribution in [-0.2, 0) is 10.6 Å². The first kappa shape index (κ1) is 26.8. The molecule has 1 aliphatic heterocycles. The molecule has 34 heavy (non-hydrogen) atoms. The SMILES string of the molecule is Cc1ccccc1[C@H](C[C@H]1C[C@@H](O[Si](C)(C)C(C)(C)C)CCN1)Oc1ccc(C(F)(F)F)cc1. The van der Waals surface area contributed by atoms with Gasteiger partial charge in [-0.3, -0.25) is 0 Å². The molecule has 3 rings (SSSR count). The van der Waals surface area contributed by atoms with Gasteiger partial charge in [-0.25, -0.2) is 0 Å². The van der Waals surface area contributed by atoms with E-state index in [-0.39, 0.29) is 23.3 Å². The van der Waals surface area contributed by atoms with Crippen molar-refractivity contribution in [2.75, 3.05) is 6.54 Å². The molecule has 2 aromatic carbocycles. The summed E-state index contributed by atoms with van der Waals surface area (Å²) < 4.78 is 51.9. The normalized spacial score (nSPS) is 20.7.